The minimum atomic E-state index is -3.73. The Bertz CT molecular complexity index is 882. The van der Waals surface area contributed by atoms with E-state index in [1.165, 1.54) is 16.8 Å². The second-order valence-corrected chi connectivity index (χ2v) is 9.88. The maximum Gasteiger partial charge on any atom is 0.265 e. The summed E-state index contributed by atoms with van der Waals surface area (Å²) in [6, 6.07) is 5.36. The van der Waals surface area contributed by atoms with Gasteiger partial charge in [-0.1, -0.05) is 13.0 Å². The van der Waals surface area contributed by atoms with Gasteiger partial charge >= 0.3 is 0 Å². The molecule has 1 fully saturated rings. The number of sulfonamides is 1. The van der Waals surface area contributed by atoms with Gasteiger partial charge in [0, 0.05) is 24.7 Å². The zero-order valence-electron chi connectivity index (χ0n) is 15.6. The molecule has 27 heavy (non-hydrogen) atoms. The van der Waals surface area contributed by atoms with Gasteiger partial charge in [-0.25, -0.2) is 13.1 Å². The number of hydrogen-bond acceptors (Lipinski definition) is 5. The van der Waals surface area contributed by atoms with Crippen LogP contribution in [0.25, 0.3) is 0 Å². The van der Waals surface area contributed by atoms with E-state index >= 15 is 0 Å². The summed E-state index contributed by atoms with van der Waals surface area (Å²) < 4.78 is 29.6. The summed E-state index contributed by atoms with van der Waals surface area (Å²) in [5, 5.41) is 2.01. The molecular weight excluding hydrogens is 384 g/mol. The van der Waals surface area contributed by atoms with Crippen LogP contribution < -0.4 is 10.5 Å². The molecule has 2 aromatic heterocycles. The van der Waals surface area contributed by atoms with Crippen molar-refractivity contribution in [3.05, 3.63) is 40.3 Å². The molecule has 1 unspecified atom stereocenters. The van der Waals surface area contributed by atoms with Crippen LogP contribution in [0.5, 0.6) is 0 Å². The first-order valence-corrected chi connectivity index (χ1v) is 11.4. The lowest BCUT2D eigenvalue weighted by molar-refractivity contribution is 0.0992. The number of aryl methyl sites for hydroxylation is 1. The third-order valence-corrected chi connectivity index (χ3v) is 7.50. The Balaban J connectivity index is 1.76. The Morgan fingerprint density at radius 3 is 2.67 bits per heavy atom. The van der Waals surface area contributed by atoms with E-state index in [-0.39, 0.29) is 23.2 Å². The molecule has 7 nitrogen and oxygen atoms in total. The number of aromatic nitrogens is 1. The van der Waals surface area contributed by atoms with Gasteiger partial charge in [-0.2, -0.15) is 0 Å². The topological polar surface area (TPSA) is 97.4 Å². The second kappa shape index (κ2) is 8.14. The van der Waals surface area contributed by atoms with E-state index in [0.29, 0.717) is 5.92 Å². The predicted molar refractivity (Wildman–Crippen MR) is 106 cm³/mol. The van der Waals surface area contributed by atoms with Gasteiger partial charge in [0.25, 0.3) is 5.91 Å². The standard InChI is InChI=1S/C18H26N4O3S2/c1-13-5-7-22(8-6-13)16(17-4-3-9-26-17)11-20-27(24,25)14-10-15(18(19)23)21(2)12-14/h3-4,9-10,12-13,16,20H,5-8,11H2,1-2H3,(H2,19,23). The third-order valence-electron chi connectivity index (χ3n) is 5.14. The van der Waals surface area contributed by atoms with Gasteiger partial charge in [-0.05, 0) is 49.4 Å². The maximum atomic E-state index is 12.7. The van der Waals surface area contributed by atoms with Crippen molar-refractivity contribution in [2.24, 2.45) is 18.7 Å². The highest BCUT2D eigenvalue weighted by molar-refractivity contribution is 7.89. The number of carbonyl (C=O) groups excluding carboxylic acids is 1. The quantitative estimate of drug-likeness (QED) is 0.729. The van der Waals surface area contributed by atoms with Crippen LogP contribution >= 0.6 is 11.3 Å². The number of primary amides is 1. The van der Waals surface area contributed by atoms with Gasteiger partial charge in [0.15, 0.2) is 0 Å². The molecule has 1 atom stereocenters. The van der Waals surface area contributed by atoms with Gasteiger partial charge in [-0.15, -0.1) is 11.3 Å². The minimum Gasteiger partial charge on any atom is -0.364 e. The summed E-state index contributed by atoms with van der Waals surface area (Å²) >= 11 is 1.64. The smallest absolute Gasteiger partial charge is 0.265 e. The summed E-state index contributed by atoms with van der Waals surface area (Å²) in [5.74, 6) is 0.0521. The fraction of sp³-hybridized carbons (Fsp3) is 0.500. The van der Waals surface area contributed by atoms with Crippen LogP contribution in [0, 0.1) is 5.92 Å². The lowest BCUT2D eigenvalue weighted by Crippen LogP contribution is -2.41. The molecule has 0 aromatic carbocycles. The van der Waals surface area contributed by atoms with Crippen LogP contribution in [-0.4, -0.2) is 43.4 Å². The zero-order valence-corrected chi connectivity index (χ0v) is 17.2. The van der Waals surface area contributed by atoms with Crippen molar-refractivity contribution in [3.8, 4) is 0 Å². The molecule has 9 heteroatoms. The fourth-order valence-electron chi connectivity index (χ4n) is 3.43. The molecule has 0 bridgehead atoms. The van der Waals surface area contributed by atoms with E-state index in [0.717, 1.165) is 30.8 Å². The van der Waals surface area contributed by atoms with Crippen molar-refractivity contribution in [3.63, 3.8) is 0 Å². The van der Waals surface area contributed by atoms with Crippen LogP contribution in [0.3, 0.4) is 0 Å². The molecule has 1 amide bonds. The summed E-state index contributed by atoms with van der Waals surface area (Å²) in [4.78, 5) is 15.0. The first-order valence-electron chi connectivity index (χ1n) is 9.01. The molecule has 1 aliphatic heterocycles. The number of carbonyl (C=O) groups is 1. The molecule has 1 aliphatic rings. The van der Waals surface area contributed by atoms with Gasteiger partial charge < -0.3 is 10.3 Å². The van der Waals surface area contributed by atoms with E-state index in [1.807, 2.05) is 11.4 Å². The van der Waals surface area contributed by atoms with Crippen molar-refractivity contribution in [1.29, 1.82) is 0 Å². The molecule has 0 aliphatic carbocycles. The highest BCUT2D eigenvalue weighted by Gasteiger charge is 2.27. The summed E-state index contributed by atoms with van der Waals surface area (Å²) in [6.07, 6.45) is 3.65. The van der Waals surface area contributed by atoms with Crippen molar-refractivity contribution in [1.82, 2.24) is 14.2 Å². The van der Waals surface area contributed by atoms with E-state index in [9.17, 15) is 13.2 Å². The first kappa shape index (κ1) is 20.1. The van der Waals surface area contributed by atoms with E-state index < -0.39 is 15.9 Å². The monoisotopic (exact) mass is 410 g/mol. The van der Waals surface area contributed by atoms with E-state index in [1.54, 1.807) is 18.4 Å². The molecule has 3 heterocycles. The van der Waals surface area contributed by atoms with Crippen molar-refractivity contribution >= 4 is 27.3 Å². The number of amides is 1. The van der Waals surface area contributed by atoms with Crippen LogP contribution in [0.1, 0.15) is 41.2 Å². The van der Waals surface area contributed by atoms with E-state index in [4.69, 9.17) is 5.73 Å². The van der Waals surface area contributed by atoms with Gasteiger partial charge in [-0.3, -0.25) is 9.69 Å². The molecule has 0 radical (unpaired) electrons. The van der Waals surface area contributed by atoms with Crippen molar-refractivity contribution < 1.29 is 13.2 Å². The fourth-order valence-corrected chi connectivity index (χ4v) is 5.40. The average molecular weight is 411 g/mol. The largest absolute Gasteiger partial charge is 0.364 e. The summed E-state index contributed by atoms with van der Waals surface area (Å²) in [6.45, 7) is 4.47. The van der Waals surface area contributed by atoms with Gasteiger partial charge in [0.05, 0.1) is 6.04 Å². The van der Waals surface area contributed by atoms with Gasteiger partial charge in [0.2, 0.25) is 10.0 Å². The molecule has 2 aromatic rings. The Kier molecular flexibility index (Phi) is 6.05. The van der Waals surface area contributed by atoms with Crippen LogP contribution in [0.2, 0.25) is 0 Å². The summed E-state index contributed by atoms with van der Waals surface area (Å²) in [7, 11) is -2.13. The molecule has 3 rings (SSSR count). The molecule has 1 saturated heterocycles. The molecule has 0 saturated carbocycles. The average Bonchev–Trinajstić information content (AvgIpc) is 3.26. The Labute approximate surface area is 164 Å². The molecule has 148 valence electrons. The van der Waals surface area contributed by atoms with Crippen molar-refractivity contribution in [2.45, 2.75) is 30.7 Å². The number of rotatable bonds is 7. The first-order chi connectivity index (χ1) is 12.8. The normalized spacial score (nSPS) is 17.9. The third kappa shape index (κ3) is 4.60. The number of nitrogens with two attached hydrogens (primary N) is 1. The highest BCUT2D eigenvalue weighted by Crippen LogP contribution is 2.29. The highest BCUT2D eigenvalue weighted by atomic mass is 32.2. The maximum absolute atomic E-state index is 12.7. The number of likely N-dealkylation sites (tertiary alicyclic amines) is 1. The lowest BCUT2D eigenvalue weighted by Gasteiger charge is -2.36. The van der Waals surface area contributed by atoms with Crippen molar-refractivity contribution in [2.75, 3.05) is 19.6 Å². The van der Waals surface area contributed by atoms with Crippen LogP contribution in [0.4, 0.5) is 0 Å². The van der Waals surface area contributed by atoms with Gasteiger partial charge in [0.1, 0.15) is 10.6 Å². The zero-order chi connectivity index (χ0) is 19.6. The second-order valence-electron chi connectivity index (χ2n) is 7.14. The number of hydrogen-bond donors (Lipinski definition) is 2. The lowest BCUT2D eigenvalue weighted by atomic mass is 9.97. The SMILES string of the molecule is CC1CCN(C(CNS(=O)(=O)c2cc(C(N)=O)n(C)c2)c2cccs2)CC1. The summed E-state index contributed by atoms with van der Waals surface area (Å²) in [5.41, 5.74) is 5.45. The minimum absolute atomic E-state index is 0.00611. The molecule has 3 N–H and O–H groups in total. The Hall–Kier alpha value is -1.68. The van der Waals surface area contributed by atoms with Crippen LogP contribution in [0.15, 0.2) is 34.7 Å². The predicted octanol–water partition coefficient (Wildman–Crippen LogP) is 1.94. The number of piperidine rings is 1. The number of nitrogens with one attached hydrogen (secondary N) is 1. The Morgan fingerprint density at radius 1 is 1.41 bits per heavy atom. The van der Waals surface area contributed by atoms with E-state index in [2.05, 4.69) is 22.6 Å². The molecule has 0 spiro atoms. The van der Waals surface area contributed by atoms with Crippen LogP contribution in [-0.2, 0) is 17.1 Å². The Morgan fingerprint density at radius 2 is 2.11 bits per heavy atom. The number of thiophene rings is 1. The number of nitrogens with zero attached hydrogens (tertiary/aromatic N) is 2. The molecular formula is C18H26N4O3S2.